The van der Waals surface area contributed by atoms with Gasteiger partial charge in [0.15, 0.2) is 27.7 Å². The normalized spacial score (nSPS) is 12.2. The van der Waals surface area contributed by atoms with Crippen LogP contribution in [0.1, 0.15) is 83.1 Å². The maximum atomic E-state index is 11.5. The molecule has 0 radical (unpaired) electrons. The van der Waals surface area contributed by atoms with Crippen molar-refractivity contribution in [1.82, 2.24) is 9.97 Å². The minimum absolute atomic E-state index is 0. The van der Waals surface area contributed by atoms with E-state index in [2.05, 4.69) is 231 Å². The zero-order chi connectivity index (χ0) is 59.4. The van der Waals surface area contributed by atoms with E-state index < -0.39 is 27.0 Å². The van der Waals surface area contributed by atoms with Crippen LogP contribution >= 0.6 is 0 Å². The minimum Gasteiger partial charge on any atom is -0.512 e. The minimum atomic E-state index is -2.65. The molecule has 0 spiro atoms. The summed E-state index contributed by atoms with van der Waals surface area (Å²) in [6.07, 6.45) is 6.83. The van der Waals surface area contributed by atoms with Gasteiger partial charge in [0.25, 0.3) is 0 Å². The molecule has 0 amide bonds. The second-order valence-electron chi connectivity index (χ2n) is 24.8. The fraction of sp³-hybridized carbons (Fsp3) is 0.216. The van der Waals surface area contributed by atoms with E-state index in [0.29, 0.717) is 0 Å². The monoisotopic (exact) mass is 1500 g/mol. The van der Waals surface area contributed by atoms with Crippen molar-refractivity contribution in [2.45, 2.75) is 83.1 Å². The Bertz CT molecular complexity index is 3120. The summed E-state index contributed by atoms with van der Waals surface area (Å²) in [6, 6.07) is 85.4. The molecule has 2 aromatic heterocycles. The van der Waals surface area contributed by atoms with Crippen molar-refractivity contribution in [1.29, 1.82) is 0 Å². The first-order valence-electron chi connectivity index (χ1n) is 28.0. The number of carbonyl (C=O) groups is 2. The fourth-order valence-corrected chi connectivity index (χ4v) is 18.8. The Balaban J connectivity index is 0.000000385. The Morgan fingerprint density at radius 3 is 0.738 bits per heavy atom. The molecule has 0 saturated heterocycles. The zero-order valence-corrected chi connectivity index (χ0v) is 56.9. The van der Waals surface area contributed by atoms with Crippen LogP contribution in [0.5, 0.6) is 0 Å². The predicted molar refractivity (Wildman–Crippen MR) is 347 cm³/mol. The predicted octanol–water partition coefficient (Wildman–Crippen LogP) is 12.3. The number of pyridine rings is 2. The molecule has 0 atom stereocenters. The summed E-state index contributed by atoms with van der Waals surface area (Å²) >= 11 is 0. The van der Waals surface area contributed by atoms with Gasteiger partial charge in [-0.1, -0.05) is 301 Å². The Hall–Kier alpha value is -6.93. The summed E-state index contributed by atoms with van der Waals surface area (Å²) in [5, 5.41) is 29.5. The maximum Gasteiger partial charge on any atom is 0.181 e. The molecular weight excluding hydrogens is 1430 g/mol. The Kier molecular flexibility index (Phi) is 23.6. The van der Waals surface area contributed by atoms with Crippen molar-refractivity contribution in [3.63, 3.8) is 0 Å². The molecule has 84 heavy (non-hydrogen) atoms. The molecule has 0 aliphatic heterocycles. The standard InChI is InChI=1S/C52H38N2Si2.2C11H20O2.2Pt/c1-7-19-43(20-8-1)55(44-21-9-2-10-22-44,45-23-11-3-12-24-45)49-35-37-51(53-39-49)41-31-33-42(34-32-41)52-38-36-50(40-54-52)56(46-25-13-4-14-26-46,47-27-15-5-16-28-47)48-29-17-6-18-30-48;2*1-10(2,3)8(12)7-9(13)11(4,5)6;;/h1-31,34-40H;2*7,12H,1-6H3;;/q-2;;;;/b;2*8-7-;;. The number of benzene rings is 7. The van der Waals surface area contributed by atoms with Crippen LogP contribution in [0.4, 0.5) is 0 Å². The van der Waals surface area contributed by atoms with Crippen molar-refractivity contribution >= 4 is 69.2 Å². The third-order valence-corrected chi connectivity index (χ3v) is 24.0. The number of ketones is 2. The van der Waals surface area contributed by atoms with Gasteiger partial charge in [0.05, 0.1) is 0 Å². The van der Waals surface area contributed by atoms with Crippen LogP contribution in [0, 0.1) is 33.8 Å². The Morgan fingerprint density at radius 1 is 0.345 bits per heavy atom. The molecule has 10 heteroatoms. The molecule has 6 nitrogen and oxygen atoms in total. The van der Waals surface area contributed by atoms with E-state index in [0.717, 1.165) is 22.5 Å². The van der Waals surface area contributed by atoms with Crippen LogP contribution in [0.15, 0.2) is 254 Å². The third-order valence-electron chi connectivity index (χ3n) is 14.5. The first kappa shape index (κ1) is 67.9. The number of hydrogen-bond acceptors (Lipinski definition) is 6. The number of aliphatic hydroxyl groups is 2. The topological polar surface area (TPSA) is 100 Å². The molecule has 0 aliphatic carbocycles. The first-order valence-corrected chi connectivity index (χ1v) is 32.0. The smallest absolute Gasteiger partial charge is 0.181 e. The van der Waals surface area contributed by atoms with E-state index in [1.165, 1.54) is 53.6 Å². The largest absolute Gasteiger partial charge is 0.512 e. The van der Waals surface area contributed by atoms with E-state index in [1.54, 1.807) is 0 Å². The first-order chi connectivity index (χ1) is 38.9. The van der Waals surface area contributed by atoms with E-state index in [1.807, 2.05) is 95.2 Å². The number of aliphatic hydroxyl groups excluding tert-OH is 2. The third kappa shape index (κ3) is 16.3. The van der Waals surface area contributed by atoms with Gasteiger partial charge in [0.2, 0.25) is 0 Å². The van der Waals surface area contributed by atoms with Gasteiger partial charge in [0, 0.05) is 88.3 Å². The van der Waals surface area contributed by atoms with E-state index in [9.17, 15) is 19.8 Å². The van der Waals surface area contributed by atoms with Crippen molar-refractivity contribution < 1.29 is 61.9 Å². The number of aromatic nitrogens is 2. The number of rotatable bonds is 12. The summed E-state index contributed by atoms with van der Waals surface area (Å²) in [6.45, 7) is 22.2. The molecule has 7 aromatic carbocycles. The summed E-state index contributed by atoms with van der Waals surface area (Å²) in [5.74, 6) is 0.208. The van der Waals surface area contributed by atoms with Gasteiger partial charge in [-0.05, 0) is 41.5 Å². The van der Waals surface area contributed by atoms with Crippen LogP contribution in [0.25, 0.3) is 22.5 Å². The van der Waals surface area contributed by atoms with Crippen LogP contribution in [0.2, 0.25) is 0 Å². The number of nitrogens with zero attached hydrogens (tertiary/aromatic N) is 2. The quantitative estimate of drug-likeness (QED) is 0.0416. The van der Waals surface area contributed by atoms with Gasteiger partial charge in [-0.25, -0.2) is 35.4 Å². The molecule has 9 aromatic rings. The molecular formula is C74H78N2O4Pt2Si2-2. The average molecular weight is 1510 g/mol. The molecule has 438 valence electrons. The molecule has 2 heterocycles. The van der Waals surface area contributed by atoms with E-state index in [4.69, 9.17) is 9.97 Å². The van der Waals surface area contributed by atoms with Crippen LogP contribution in [0.3, 0.4) is 0 Å². The van der Waals surface area contributed by atoms with Gasteiger partial charge >= 0.3 is 0 Å². The van der Waals surface area contributed by atoms with Crippen molar-refractivity contribution in [2.24, 2.45) is 21.7 Å². The molecule has 0 unspecified atom stereocenters. The van der Waals surface area contributed by atoms with Crippen LogP contribution in [-0.2, 0) is 51.7 Å². The second kappa shape index (κ2) is 29.2. The van der Waals surface area contributed by atoms with Crippen molar-refractivity contribution in [3.05, 3.63) is 267 Å². The fourth-order valence-electron chi connectivity index (χ4n) is 9.47. The van der Waals surface area contributed by atoms with Gasteiger partial charge in [0.1, 0.15) is 11.5 Å². The number of allylic oxidation sites excluding steroid dienone is 4. The van der Waals surface area contributed by atoms with Gasteiger partial charge in [-0.3, -0.25) is 9.59 Å². The summed E-state index contributed by atoms with van der Waals surface area (Å²) < 4.78 is 0. The summed E-state index contributed by atoms with van der Waals surface area (Å²) in [4.78, 5) is 33.2. The Morgan fingerprint density at radius 2 is 0.571 bits per heavy atom. The van der Waals surface area contributed by atoms with E-state index in [-0.39, 0.29) is 76.0 Å². The van der Waals surface area contributed by atoms with Gasteiger partial charge in [-0.15, -0.1) is 0 Å². The van der Waals surface area contributed by atoms with Crippen LogP contribution in [-0.4, -0.2) is 47.9 Å². The molecule has 0 bridgehead atoms. The van der Waals surface area contributed by atoms with Gasteiger partial charge in [-0.2, -0.15) is 0 Å². The average Bonchev–Trinajstić information content (AvgIpc) is 3.67. The molecule has 0 aliphatic rings. The molecule has 9 rings (SSSR count). The maximum absolute atomic E-state index is 11.5. The molecule has 2 N–H and O–H groups in total. The summed E-state index contributed by atoms with van der Waals surface area (Å²) in [5.41, 5.74) is 1.99. The molecule has 0 saturated carbocycles. The Labute approximate surface area is 530 Å². The van der Waals surface area contributed by atoms with Crippen molar-refractivity contribution in [2.75, 3.05) is 0 Å². The number of hydrogen-bond donors (Lipinski definition) is 2. The second-order valence-corrected chi connectivity index (χ2v) is 32.4. The van der Waals surface area contributed by atoms with Gasteiger partial charge < -0.3 is 20.2 Å². The van der Waals surface area contributed by atoms with Crippen molar-refractivity contribution in [3.8, 4) is 22.5 Å². The SMILES string of the molecule is CC(C)(C)C(=O)/C=C(\O)C(C)(C)C.CC(C)(C)C(=O)/C=C(\O)C(C)(C)C.[Pt].[Pt].[c-]1cc(-c2ccc([Si](c3ccccc3)(c3ccccc3)c3ccccc3)cn2)[c-]cc1-c1ccc([Si](c2ccccc2)(c2ccccc2)c2ccccc2)cn1. The van der Waals surface area contributed by atoms with Crippen LogP contribution < -0.4 is 41.5 Å². The number of carbonyl (C=O) groups excluding carboxylic acids is 2. The summed E-state index contributed by atoms with van der Waals surface area (Å²) in [7, 11) is -5.29. The molecule has 0 fully saturated rings. The zero-order valence-electron chi connectivity index (χ0n) is 50.3. The van der Waals surface area contributed by atoms with E-state index >= 15 is 0 Å².